The SMILES string of the molecule is CCC(CO)Nc1nc(NN)nc(OC(C)C)n1. The van der Waals surface area contributed by atoms with Gasteiger partial charge in [-0.15, -0.1) is 0 Å². The van der Waals surface area contributed by atoms with Crippen LogP contribution in [0.15, 0.2) is 0 Å². The fourth-order valence-electron chi connectivity index (χ4n) is 1.21. The van der Waals surface area contributed by atoms with E-state index in [1.54, 1.807) is 0 Å². The van der Waals surface area contributed by atoms with E-state index in [2.05, 4.69) is 25.7 Å². The third kappa shape index (κ3) is 4.30. The molecule has 0 aliphatic carbocycles. The second-order valence-electron chi connectivity index (χ2n) is 4.01. The molecule has 1 aromatic rings. The molecule has 18 heavy (non-hydrogen) atoms. The van der Waals surface area contributed by atoms with Crippen LogP contribution in [0.1, 0.15) is 27.2 Å². The maximum absolute atomic E-state index is 9.12. The fourth-order valence-corrected chi connectivity index (χ4v) is 1.21. The van der Waals surface area contributed by atoms with Gasteiger partial charge in [-0.3, -0.25) is 5.43 Å². The molecule has 1 heterocycles. The Morgan fingerprint density at radius 2 is 1.94 bits per heavy atom. The summed E-state index contributed by atoms with van der Waals surface area (Å²) in [7, 11) is 0. The lowest BCUT2D eigenvalue weighted by Gasteiger charge is -2.15. The highest BCUT2D eigenvalue weighted by atomic mass is 16.5. The second kappa shape index (κ2) is 6.92. The molecule has 0 bridgehead atoms. The van der Waals surface area contributed by atoms with E-state index < -0.39 is 0 Å². The van der Waals surface area contributed by atoms with Crippen LogP contribution >= 0.6 is 0 Å². The van der Waals surface area contributed by atoms with Gasteiger partial charge >= 0.3 is 6.01 Å². The molecular weight excluding hydrogens is 236 g/mol. The van der Waals surface area contributed by atoms with Gasteiger partial charge in [-0.25, -0.2) is 5.84 Å². The highest BCUT2D eigenvalue weighted by Gasteiger charge is 2.11. The van der Waals surface area contributed by atoms with Crippen LogP contribution in [0, 0.1) is 0 Å². The number of nitrogens with two attached hydrogens (primary N) is 1. The molecule has 102 valence electrons. The first-order valence-electron chi connectivity index (χ1n) is 5.85. The standard InChI is InChI=1S/C10H20N6O2/c1-4-7(5-17)12-8-13-9(16-11)15-10(14-8)18-6(2)3/h6-7,17H,4-5,11H2,1-3H3,(H2,12,13,14,15,16). The summed E-state index contributed by atoms with van der Waals surface area (Å²) in [5.41, 5.74) is 2.35. The van der Waals surface area contributed by atoms with Gasteiger partial charge in [-0.05, 0) is 20.3 Å². The summed E-state index contributed by atoms with van der Waals surface area (Å²) in [4.78, 5) is 12.1. The molecule has 0 aromatic carbocycles. The monoisotopic (exact) mass is 256 g/mol. The lowest BCUT2D eigenvalue weighted by atomic mass is 10.2. The molecule has 0 amide bonds. The van der Waals surface area contributed by atoms with Crippen molar-refractivity contribution in [3.8, 4) is 6.01 Å². The van der Waals surface area contributed by atoms with Gasteiger partial charge in [0, 0.05) is 0 Å². The molecule has 0 radical (unpaired) electrons. The predicted molar refractivity (Wildman–Crippen MR) is 68.2 cm³/mol. The first-order valence-corrected chi connectivity index (χ1v) is 5.85. The Morgan fingerprint density at radius 1 is 1.28 bits per heavy atom. The summed E-state index contributed by atoms with van der Waals surface area (Å²) < 4.78 is 5.39. The van der Waals surface area contributed by atoms with Gasteiger partial charge in [0.25, 0.3) is 0 Å². The number of hydrogen-bond acceptors (Lipinski definition) is 8. The third-order valence-electron chi connectivity index (χ3n) is 2.13. The second-order valence-corrected chi connectivity index (χ2v) is 4.01. The molecule has 0 saturated carbocycles. The Morgan fingerprint density at radius 3 is 2.44 bits per heavy atom. The van der Waals surface area contributed by atoms with E-state index in [1.165, 1.54) is 0 Å². The summed E-state index contributed by atoms with van der Waals surface area (Å²) >= 11 is 0. The first-order chi connectivity index (χ1) is 8.58. The van der Waals surface area contributed by atoms with Crippen molar-refractivity contribution >= 4 is 11.9 Å². The number of anilines is 2. The van der Waals surface area contributed by atoms with E-state index in [9.17, 15) is 0 Å². The Labute approximate surface area is 106 Å². The predicted octanol–water partition coefficient (Wildman–Crippen LogP) is 0.127. The van der Waals surface area contributed by atoms with Crippen LogP contribution in [-0.2, 0) is 0 Å². The lowest BCUT2D eigenvalue weighted by molar-refractivity contribution is 0.222. The number of ether oxygens (including phenoxy) is 1. The van der Waals surface area contributed by atoms with E-state index in [1.807, 2.05) is 20.8 Å². The topological polar surface area (TPSA) is 118 Å². The molecule has 0 saturated heterocycles. The highest BCUT2D eigenvalue weighted by molar-refractivity contribution is 5.35. The number of nitrogens with one attached hydrogen (secondary N) is 2. The lowest BCUT2D eigenvalue weighted by Crippen LogP contribution is -2.25. The molecule has 8 heteroatoms. The molecule has 0 aliphatic rings. The van der Waals surface area contributed by atoms with Crippen molar-refractivity contribution in [3.05, 3.63) is 0 Å². The first kappa shape index (κ1) is 14.4. The van der Waals surface area contributed by atoms with E-state index in [0.29, 0.717) is 5.95 Å². The Balaban J connectivity index is 2.89. The van der Waals surface area contributed by atoms with Gasteiger partial charge in [0.1, 0.15) is 0 Å². The van der Waals surface area contributed by atoms with Crippen LogP contribution in [0.3, 0.4) is 0 Å². The van der Waals surface area contributed by atoms with Gasteiger partial charge in [-0.2, -0.15) is 15.0 Å². The Hall–Kier alpha value is -1.67. The molecular formula is C10H20N6O2. The van der Waals surface area contributed by atoms with Crippen LogP contribution in [0.4, 0.5) is 11.9 Å². The summed E-state index contributed by atoms with van der Waals surface area (Å²) in [6, 6.07) is 0.0631. The van der Waals surface area contributed by atoms with Crippen molar-refractivity contribution in [3.63, 3.8) is 0 Å². The highest BCUT2D eigenvalue weighted by Crippen LogP contribution is 2.13. The average molecular weight is 256 g/mol. The molecule has 0 fully saturated rings. The number of rotatable bonds is 7. The molecule has 5 N–H and O–H groups in total. The van der Waals surface area contributed by atoms with Crippen LogP contribution in [0.2, 0.25) is 0 Å². The summed E-state index contributed by atoms with van der Waals surface area (Å²) in [5, 5.41) is 12.1. The smallest absolute Gasteiger partial charge is 0.323 e. The molecule has 0 spiro atoms. The summed E-state index contributed by atoms with van der Waals surface area (Å²) in [6.07, 6.45) is 0.694. The van der Waals surface area contributed by atoms with Gasteiger partial charge in [0.2, 0.25) is 11.9 Å². The van der Waals surface area contributed by atoms with Crippen molar-refractivity contribution in [2.75, 3.05) is 17.3 Å². The normalized spacial score (nSPS) is 12.3. The zero-order chi connectivity index (χ0) is 13.5. The van der Waals surface area contributed by atoms with Crippen molar-refractivity contribution in [1.82, 2.24) is 15.0 Å². The van der Waals surface area contributed by atoms with Crippen LogP contribution in [0.5, 0.6) is 6.01 Å². The van der Waals surface area contributed by atoms with Crippen LogP contribution < -0.4 is 21.3 Å². The maximum Gasteiger partial charge on any atom is 0.323 e. The minimum absolute atomic E-state index is 0.00601. The number of hydrazine groups is 1. The molecule has 1 aromatic heterocycles. The van der Waals surface area contributed by atoms with Crippen molar-refractivity contribution in [1.29, 1.82) is 0 Å². The van der Waals surface area contributed by atoms with Gasteiger partial charge in [0.05, 0.1) is 18.8 Å². The maximum atomic E-state index is 9.12. The zero-order valence-corrected chi connectivity index (χ0v) is 10.8. The molecule has 0 aliphatic heterocycles. The van der Waals surface area contributed by atoms with E-state index in [4.69, 9.17) is 15.7 Å². The number of aromatic nitrogens is 3. The summed E-state index contributed by atoms with van der Waals surface area (Å²) in [6.45, 7) is 5.68. The van der Waals surface area contributed by atoms with Crippen molar-refractivity contribution in [2.45, 2.75) is 39.3 Å². The van der Waals surface area contributed by atoms with Crippen molar-refractivity contribution in [2.24, 2.45) is 5.84 Å². The third-order valence-corrected chi connectivity index (χ3v) is 2.13. The molecule has 1 unspecified atom stereocenters. The van der Waals surface area contributed by atoms with Crippen LogP contribution in [-0.4, -0.2) is 38.8 Å². The molecule has 1 rings (SSSR count). The van der Waals surface area contributed by atoms with E-state index in [0.717, 1.165) is 6.42 Å². The number of nitrogen functional groups attached to an aromatic ring is 1. The number of aliphatic hydroxyl groups is 1. The molecule has 8 nitrogen and oxygen atoms in total. The van der Waals surface area contributed by atoms with Gasteiger partial charge in [0.15, 0.2) is 0 Å². The minimum atomic E-state index is -0.120. The minimum Gasteiger partial charge on any atom is -0.461 e. The quantitative estimate of drug-likeness (QED) is 0.401. The Bertz CT molecular complexity index is 369. The average Bonchev–Trinajstić information content (AvgIpc) is 2.34. The van der Waals surface area contributed by atoms with Gasteiger partial charge < -0.3 is 15.2 Å². The van der Waals surface area contributed by atoms with Crippen molar-refractivity contribution < 1.29 is 9.84 Å². The van der Waals surface area contributed by atoms with Crippen LogP contribution in [0.25, 0.3) is 0 Å². The molecule has 1 atom stereocenters. The van der Waals surface area contributed by atoms with E-state index >= 15 is 0 Å². The zero-order valence-electron chi connectivity index (χ0n) is 10.8. The number of nitrogens with zero attached hydrogens (tertiary/aromatic N) is 3. The van der Waals surface area contributed by atoms with Gasteiger partial charge in [-0.1, -0.05) is 6.92 Å². The largest absolute Gasteiger partial charge is 0.461 e. The number of hydrogen-bond donors (Lipinski definition) is 4. The fraction of sp³-hybridized carbons (Fsp3) is 0.700. The number of aliphatic hydroxyl groups excluding tert-OH is 1. The van der Waals surface area contributed by atoms with E-state index in [-0.39, 0.29) is 30.7 Å². The summed E-state index contributed by atoms with van der Waals surface area (Å²) in [5.74, 6) is 5.80. The Kier molecular flexibility index (Phi) is 5.53.